The number of carbonyl (C=O) groups excluding carboxylic acids is 1. The summed E-state index contributed by atoms with van der Waals surface area (Å²) < 4.78 is 1.85. The van der Waals surface area contributed by atoms with Crippen LogP contribution in [0, 0.1) is 0 Å². The first-order chi connectivity index (χ1) is 9.39. The molecule has 2 aromatic rings. The quantitative estimate of drug-likeness (QED) is 0.779. The average Bonchev–Trinajstić information content (AvgIpc) is 2.81. The molecule has 0 fully saturated rings. The molecule has 0 aliphatic carbocycles. The summed E-state index contributed by atoms with van der Waals surface area (Å²) in [6.45, 7) is 5.98. The predicted molar refractivity (Wildman–Crippen MR) is 78.9 cm³/mol. The largest absolute Gasteiger partial charge is 0.372 e. The van der Waals surface area contributed by atoms with E-state index in [1.165, 1.54) is 0 Å². The molecular formula is C13H20N6O. The summed E-state index contributed by atoms with van der Waals surface area (Å²) >= 11 is 0. The Labute approximate surface area is 117 Å². The summed E-state index contributed by atoms with van der Waals surface area (Å²) in [5.41, 5.74) is 0.439. The van der Waals surface area contributed by atoms with Gasteiger partial charge in [0.1, 0.15) is 5.82 Å². The minimum atomic E-state index is -0.248. The fraction of sp³-hybridized carbons (Fsp3) is 0.462. The van der Waals surface area contributed by atoms with Gasteiger partial charge < -0.3 is 20.4 Å². The van der Waals surface area contributed by atoms with Crippen molar-refractivity contribution < 1.29 is 4.79 Å². The first-order valence-corrected chi connectivity index (χ1v) is 6.45. The maximum atomic E-state index is 11.8. The van der Waals surface area contributed by atoms with Crippen LogP contribution in [0.25, 0.3) is 5.65 Å². The van der Waals surface area contributed by atoms with Gasteiger partial charge in [-0.2, -0.15) is 0 Å². The molecule has 0 bridgehead atoms. The molecule has 1 amide bonds. The Bertz CT molecular complexity index is 613. The van der Waals surface area contributed by atoms with E-state index < -0.39 is 0 Å². The number of nitrogens with zero attached hydrogens (tertiary/aromatic N) is 3. The number of nitrogens with one attached hydrogen (secondary N) is 3. The number of amides is 1. The highest BCUT2D eigenvalue weighted by atomic mass is 16.2. The lowest BCUT2D eigenvalue weighted by Gasteiger charge is -2.20. The maximum Gasteiger partial charge on any atom is 0.239 e. The molecule has 0 atom stereocenters. The molecule has 0 aromatic carbocycles. The average molecular weight is 276 g/mol. The molecule has 0 unspecified atom stereocenters. The van der Waals surface area contributed by atoms with Crippen LogP contribution in [-0.2, 0) is 4.79 Å². The fourth-order valence-electron chi connectivity index (χ4n) is 1.80. The van der Waals surface area contributed by atoms with E-state index in [-0.39, 0.29) is 18.0 Å². The standard InChI is InChI=1S/C13H20N6O/c1-13(2,3)18-10(20)7-16-11-12-15-5-6-19(12)8-9(14-4)17-11/h5-6,8,14H,7H2,1-4H3,(H,16,17)(H,18,20). The molecule has 2 heterocycles. The zero-order valence-electron chi connectivity index (χ0n) is 12.2. The van der Waals surface area contributed by atoms with Crippen molar-refractivity contribution in [3.8, 4) is 0 Å². The smallest absolute Gasteiger partial charge is 0.239 e. The van der Waals surface area contributed by atoms with Gasteiger partial charge in [-0.05, 0) is 20.8 Å². The van der Waals surface area contributed by atoms with Gasteiger partial charge in [-0.3, -0.25) is 4.79 Å². The van der Waals surface area contributed by atoms with Gasteiger partial charge in [-0.25, -0.2) is 9.97 Å². The molecule has 3 N–H and O–H groups in total. The van der Waals surface area contributed by atoms with Crippen LogP contribution >= 0.6 is 0 Å². The number of fused-ring (bicyclic) bond motifs is 1. The topological polar surface area (TPSA) is 83.3 Å². The van der Waals surface area contributed by atoms with E-state index >= 15 is 0 Å². The lowest BCUT2D eigenvalue weighted by atomic mass is 10.1. The Kier molecular flexibility index (Phi) is 3.78. The molecule has 0 radical (unpaired) electrons. The van der Waals surface area contributed by atoms with Gasteiger partial charge in [0.25, 0.3) is 0 Å². The van der Waals surface area contributed by atoms with Crippen molar-refractivity contribution in [3.63, 3.8) is 0 Å². The van der Waals surface area contributed by atoms with Crippen molar-refractivity contribution in [2.75, 3.05) is 24.2 Å². The van der Waals surface area contributed by atoms with Gasteiger partial charge in [0.15, 0.2) is 11.5 Å². The van der Waals surface area contributed by atoms with Crippen LogP contribution in [0.3, 0.4) is 0 Å². The first-order valence-electron chi connectivity index (χ1n) is 6.45. The molecule has 20 heavy (non-hydrogen) atoms. The van der Waals surface area contributed by atoms with Crippen LogP contribution < -0.4 is 16.0 Å². The summed E-state index contributed by atoms with van der Waals surface area (Å²) in [4.78, 5) is 20.4. The Morgan fingerprint density at radius 3 is 2.80 bits per heavy atom. The van der Waals surface area contributed by atoms with Gasteiger partial charge in [0.2, 0.25) is 5.91 Å². The summed E-state index contributed by atoms with van der Waals surface area (Å²) in [5.74, 6) is 1.19. The third-order valence-electron chi connectivity index (χ3n) is 2.56. The molecule has 0 aliphatic heterocycles. The normalized spacial score (nSPS) is 11.4. The van der Waals surface area contributed by atoms with Gasteiger partial charge in [-0.1, -0.05) is 0 Å². The number of aromatic nitrogens is 3. The molecule has 0 spiro atoms. The molecule has 7 heteroatoms. The van der Waals surface area contributed by atoms with Gasteiger partial charge in [0.05, 0.1) is 12.7 Å². The molecule has 2 rings (SSSR count). The van der Waals surface area contributed by atoms with Crippen LogP contribution in [0.5, 0.6) is 0 Å². The van der Waals surface area contributed by atoms with Crippen LogP contribution in [0.4, 0.5) is 11.6 Å². The number of hydrogen-bond donors (Lipinski definition) is 3. The molecule has 2 aromatic heterocycles. The van der Waals surface area contributed by atoms with E-state index in [4.69, 9.17) is 0 Å². The second kappa shape index (κ2) is 5.36. The van der Waals surface area contributed by atoms with Crippen molar-refractivity contribution >= 4 is 23.2 Å². The Morgan fingerprint density at radius 1 is 1.40 bits per heavy atom. The maximum absolute atomic E-state index is 11.8. The third kappa shape index (κ3) is 3.37. The molecular weight excluding hydrogens is 256 g/mol. The summed E-state index contributed by atoms with van der Waals surface area (Å²) in [6.07, 6.45) is 5.36. The minimum Gasteiger partial charge on any atom is -0.372 e. The van der Waals surface area contributed by atoms with Crippen molar-refractivity contribution in [1.82, 2.24) is 19.7 Å². The van der Waals surface area contributed by atoms with Gasteiger partial charge in [0, 0.05) is 25.0 Å². The van der Waals surface area contributed by atoms with Crippen molar-refractivity contribution in [2.45, 2.75) is 26.3 Å². The van der Waals surface area contributed by atoms with Crippen molar-refractivity contribution in [2.24, 2.45) is 0 Å². The SMILES string of the molecule is CNc1cn2ccnc2c(NCC(=O)NC(C)(C)C)n1. The predicted octanol–water partition coefficient (Wildman–Crippen LogP) is 1.10. The number of imidazole rings is 1. The lowest BCUT2D eigenvalue weighted by molar-refractivity contribution is -0.120. The number of hydrogen-bond acceptors (Lipinski definition) is 5. The molecule has 0 saturated carbocycles. The number of anilines is 2. The van der Waals surface area contributed by atoms with E-state index in [9.17, 15) is 4.79 Å². The lowest BCUT2D eigenvalue weighted by Crippen LogP contribution is -2.43. The van der Waals surface area contributed by atoms with Crippen LogP contribution in [0.2, 0.25) is 0 Å². The van der Waals surface area contributed by atoms with Crippen LogP contribution in [0.1, 0.15) is 20.8 Å². The minimum absolute atomic E-state index is 0.0844. The number of rotatable bonds is 4. The highest BCUT2D eigenvalue weighted by molar-refractivity contribution is 5.82. The van der Waals surface area contributed by atoms with Gasteiger partial charge in [-0.15, -0.1) is 0 Å². The molecule has 108 valence electrons. The van der Waals surface area contributed by atoms with Crippen molar-refractivity contribution in [3.05, 3.63) is 18.6 Å². The zero-order valence-corrected chi connectivity index (χ0v) is 12.2. The highest BCUT2D eigenvalue weighted by Crippen LogP contribution is 2.15. The van der Waals surface area contributed by atoms with E-state index in [0.29, 0.717) is 17.3 Å². The van der Waals surface area contributed by atoms with Gasteiger partial charge >= 0.3 is 0 Å². The zero-order chi connectivity index (χ0) is 14.8. The molecule has 0 aliphatic rings. The van der Waals surface area contributed by atoms with Crippen molar-refractivity contribution in [1.29, 1.82) is 0 Å². The monoisotopic (exact) mass is 276 g/mol. The summed E-state index contributed by atoms with van der Waals surface area (Å²) in [7, 11) is 1.79. The van der Waals surface area contributed by atoms with E-state index in [2.05, 4.69) is 25.9 Å². The number of carbonyl (C=O) groups is 1. The first kappa shape index (κ1) is 14.1. The Hall–Kier alpha value is -2.31. The van der Waals surface area contributed by atoms with E-state index in [1.54, 1.807) is 13.2 Å². The second-order valence-corrected chi connectivity index (χ2v) is 5.53. The molecule has 0 saturated heterocycles. The fourth-order valence-corrected chi connectivity index (χ4v) is 1.80. The summed E-state index contributed by atoms with van der Waals surface area (Å²) in [5, 5.41) is 8.89. The Balaban J connectivity index is 2.13. The summed E-state index contributed by atoms with van der Waals surface area (Å²) in [6, 6.07) is 0. The van der Waals surface area contributed by atoms with E-state index in [0.717, 1.165) is 0 Å². The van der Waals surface area contributed by atoms with Crippen LogP contribution in [-0.4, -0.2) is 39.4 Å². The van der Waals surface area contributed by atoms with Crippen LogP contribution in [0.15, 0.2) is 18.6 Å². The Morgan fingerprint density at radius 2 is 2.15 bits per heavy atom. The third-order valence-corrected chi connectivity index (χ3v) is 2.56. The van der Waals surface area contributed by atoms with E-state index in [1.807, 2.05) is 37.6 Å². The molecule has 7 nitrogen and oxygen atoms in total. The highest BCUT2D eigenvalue weighted by Gasteiger charge is 2.14. The second-order valence-electron chi connectivity index (χ2n) is 5.53.